The molecule has 80 valence electrons. The average Bonchev–Trinajstić information content (AvgIpc) is 2.78. The maximum Gasteiger partial charge on any atom is 0.157 e. The van der Waals surface area contributed by atoms with Crippen molar-refractivity contribution in [2.75, 3.05) is 5.75 Å². The molecule has 0 spiro atoms. The van der Waals surface area contributed by atoms with Gasteiger partial charge in [-0.25, -0.2) is 0 Å². The highest BCUT2D eigenvalue weighted by Gasteiger charge is 2.39. The van der Waals surface area contributed by atoms with Crippen molar-refractivity contribution in [3.8, 4) is 0 Å². The molecule has 3 heteroatoms. The molecule has 0 amide bonds. The zero-order valence-electron chi connectivity index (χ0n) is 9.55. The van der Waals surface area contributed by atoms with Gasteiger partial charge in [0.1, 0.15) is 0 Å². The summed E-state index contributed by atoms with van der Waals surface area (Å²) in [5.41, 5.74) is 0.374. The second kappa shape index (κ2) is 3.16. The fourth-order valence-electron chi connectivity index (χ4n) is 1.83. The third-order valence-electron chi connectivity index (χ3n) is 2.99. The van der Waals surface area contributed by atoms with Crippen LogP contribution in [-0.2, 0) is 0 Å². The molecule has 0 bridgehead atoms. The summed E-state index contributed by atoms with van der Waals surface area (Å²) in [6.07, 6.45) is 2.75. The molecule has 1 fully saturated rings. The van der Waals surface area contributed by atoms with Crippen LogP contribution >= 0.6 is 11.8 Å². The molecule has 1 aliphatic carbocycles. The average molecular weight is 212 g/mol. The van der Waals surface area contributed by atoms with E-state index in [9.17, 15) is 0 Å². The van der Waals surface area contributed by atoms with Gasteiger partial charge in [0.15, 0.2) is 5.17 Å². The molecule has 0 aromatic heterocycles. The third-order valence-corrected chi connectivity index (χ3v) is 4.31. The summed E-state index contributed by atoms with van der Waals surface area (Å²) in [6.45, 7) is 8.97. The van der Waals surface area contributed by atoms with Gasteiger partial charge >= 0.3 is 0 Å². The fraction of sp³-hybridized carbons (Fsp3) is 0.909. The van der Waals surface area contributed by atoms with Crippen LogP contribution in [0.3, 0.4) is 0 Å². The van der Waals surface area contributed by atoms with E-state index in [1.807, 2.05) is 11.8 Å². The van der Waals surface area contributed by atoms with Gasteiger partial charge < -0.3 is 5.32 Å². The van der Waals surface area contributed by atoms with Crippen LogP contribution in [0.15, 0.2) is 4.99 Å². The zero-order valence-corrected chi connectivity index (χ0v) is 10.4. The molecule has 2 aliphatic rings. The van der Waals surface area contributed by atoms with Crippen LogP contribution in [0.25, 0.3) is 0 Å². The highest BCUT2D eigenvalue weighted by atomic mass is 32.2. The minimum atomic E-state index is 0.132. The SMILES string of the molecule is CC1(C)CSC(NC(C)(C)C2CC2)=N1. The molecule has 1 N–H and O–H groups in total. The second-order valence-corrected chi connectivity index (χ2v) is 6.60. The third kappa shape index (κ3) is 2.25. The molecule has 2 rings (SSSR count). The summed E-state index contributed by atoms with van der Waals surface area (Å²) in [7, 11) is 0. The summed E-state index contributed by atoms with van der Waals surface area (Å²) in [4.78, 5) is 4.68. The molecule has 14 heavy (non-hydrogen) atoms. The molecular weight excluding hydrogens is 192 g/mol. The van der Waals surface area contributed by atoms with Crippen molar-refractivity contribution >= 4 is 16.9 Å². The van der Waals surface area contributed by atoms with E-state index in [-0.39, 0.29) is 11.1 Å². The predicted octanol–water partition coefficient (Wildman–Crippen LogP) is 2.65. The van der Waals surface area contributed by atoms with E-state index in [4.69, 9.17) is 0 Å². The van der Waals surface area contributed by atoms with E-state index in [1.165, 1.54) is 12.8 Å². The first kappa shape index (κ1) is 10.3. The quantitative estimate of drug-likeness (QED) is 0.761. The van der Waals surface area contributed by atoms with Crippen LogP contribution in [0.2, 0.25) is 0 Å². The van der Waals surface area contributed by atoms with E-state index in [2.05, 4.69) is 38.0 Å². The van der Waals surface area contributed by atoms with Crippen LogP contribution in [-0.4, -0.2) is 22.0 Å². The molecule has 0 unspecified atom stereocenters. The lowest BCUT2D eigenvalue weighted by Crippen LogP contribution is -2.43. The molecule has 0 radical (unpaired) electrons. The topological polar surface area (TPSA) is 24.4 Å². The fourth-order valence-corrected chi connectivity index (χ4v) is 3.03. The van der Waals surface area contributed by atoms with E-state index in [0.29, 0.717) is 0 Å². The van der Waals surface area contributed by atoms with Gasteiger partial charge in [-0.2, -0.15) is 0 Å². The van der Waals surface area contributed by atoms with Crippen LogP contribution in [0.1, 0.15) is 40.5 Å². The Balaban J connectivity index is 1.98. The highest BCUT2D eigenvalue weighted by Crippen LogP contribution is 2.40. The lowest BCUT2D eigenvalue weighted by atomic mass is 9.99. The van der Waals surface area contributed by atoms with Crippen LogP contribution < -0.4 is 5.32 Å². The number of amidine groups is 1. The second-order valence-electron chi connectivity index (χ2n) is 5.64. The molecule has 1 aliphatic heterocycles. The Bertz CT molecular complexity index is 264. The van der Waals surface area contributed by atoms with Crippen LogP contribution in [0, 0.1) is 5.92 Å². The Morgan fingerprint density at radius 3 is 2.50 bits per heavy atom. The molecular formula is C11H20N2S. The highest BCUT2D eigenvalue weighted by molar-refractivity contribution is 8.14. The summed E-state index contributed by atoms with van der Waals surface area (Å²) in [5, 5.41) is 4.73. The van der Waals surface area contributed by atoms with Gasteiger partial charge in [-0.15, -0.1) is 0 Å². The number of aliphatic imine (C=N–C) groups is 1. The number of nitrogens with one attached hydrogen (secondary N) is 1. The van der Waals surface area contributed by atoms with Crippen molar-refractivity contribution in [1.82, 2.24) is 5.32 Å². The van der Waals surface area contributed by atoms with E-state index >= 15 is 0 Å². The molecule has 1 heterocycles. The van der Waals surface area contributed by atoms with Crippen molar-refractivity contribution < 1.29 is 0 Å². The molecule has 1 saturated carbocycles. The van der Waals surface area contributed by atoms with Gasteiger partial charge in [-0.3, -0.25) is 4.99 Å². The monoisotopic (exact) mass is 212 g/mol. The lowest BCUT2D eigenvalue weighted by Gasteiger charge is -2.26. The van der Waals surface area contributed by atoms with E-state index in [0.717, 1.165) is 16.8 Å². The molecule has 2 nitrogen and oxygen atoms in total. The summed E-state index contributed by atoms with van der Waals surface area (Å²) < 4.78 is 0. The maximum atomic E-state index is 4.68. The summed E-state index contributed by atoms with van der Waals surface area (Å²) in [5.74, 6) is 1.96. The first-order chi connectivity index (χ1) is 6.39. The Morgan fingerprint density at radius 1 is 1.43 bits per heavy atom. The first-order valence-electron chi connectivity index (χ1n) is 5.40. The van der Waals surface area contributed by atoms with E-state index in [1.54, 1.807) is 0 Å². The van der Waals surface area contributed by atoms with Crippen molar-refractivity contribution in [2.24, 2.45) is 10.9 Å². The van der Waals surface area contributed by atoms with Gasteiger partial charge in [0.25, 0.3) is 0 Å². The standard InChI is InChI=1S/C11H20N2S/c1-10(2)7-14-9(12-10)13-11(3,4)8-5-6-8/h8H,5-7H2,1-4H3,(H,12,13). The number of hydrogen-bond donors (Lipinski definition) is 1. The van der Waals surface area contributed by atoms with Gasteiger partial charge in [0, 0.05) is 11.3 Å². The van der Waals surface area contributed by atoms with Gasteiger partial charge in [-0.05, 0) is 46.5 Å². The Kier molecular flexibility index (Phi) is 2.33. The first-order valence-corrected chi connectivity index (χ1v) is 6.38. The van der Waals surface area contributed by atoms with Crippen molar-refractivity contribution in [1.29, 1.82) is 0 Å². The molecule has 0 saturated heterocycles. The number of nitrogens with zero attached hydrogens (tertiary/aromatic N) is 1. The Hall–Kier alpha value is -0.180. The predicted molar refractivity (Wildman–Crippen MR) is 63.9 cm³/mol. The van der Waals surface area contributed by atoms with Crippen LogP contribution in [0.4, 0.5) is 0 Å². The zero-order chi connectivity index (χ0) is 10.4. The molecule has 0 aromatic carbocycles. The van der Waals surface area contributed by atoms with Crippen molar-refractivity contribution in [2.45, 2.75) is 51.6 Å². The number of hydrogen-bond acceptors (Lipinski definition) is 3. The van der Waals surface area contributed by atoms with Crippen molar-refractivity contribution in [3.05, 3.63) is 0 Å². The molecule has 0 aromatic rings. The van der Waals surface area contributed by atoms with E-state index < -0.39 is 0 Å². The summed E-state index contributed by atoms with van der Waals surface area (Å²) >= 11 is 1.86. The Morgan fingerprint density at radius 2 is 2.07 bits per heavy atom. The minimum absolute atomic E-state index is 0.132. The van der Waals surface area contributed by atoms with Gasteiger partial charge in [0.2, 0.25) is 0 Å². The largest absolute Gasteiger partial charge is 0.360 e. The minimum Gasteiger partial charge on any atom is -0.360 e. The Labute approximate surface area is 90.9 Å². The smallest absolute Gasteiger partial charge is 0.157 e. The van der Waals surface area contributed by atoms with Gasteiger partial charge in [0.05, 0.1) is 5.54 Å². The van der Waals surface area contributed by atoms with Crippen LogP contribution in [0.5, 0.6) is 0 Å². The number of thioether (sulfide) groups is 1. The number of rotatable bonds is 2. The normalized spacial score (nSPS) is 26.1. The lowest BCUT2D eigenvalue weighted by molar-refractivity contribution is 0.403. The van der Waals surface area contributed by atoms with Gasteiger partial charge in [-0.1, -0.05) is 11.8 Å². The molecule has 0 atom stereocenters. The summed E-state index contributed by atoms with van der Waals surface area (Å²) in [6, 6.07) is 0. The maximum absolute atomic E-state index is 4.68. The van der Waals surface area contributed by atoms with Crippen molar-refractivity contribution in [3.63, 3.8) is 0 Å².